The first-order valence-corrected chi connectivity index (χ1v) is 6.91. The molecule has 0 bridgehead atoms. The van der Waals surface area contributed by atoms with E-state index in [2.05, 4.69) is 5.32 Å². The number of carbonyl (C=O) groups excluding carboxylic acids is 1. The molecule has 1 amide bonds. The maximum atomic E-state index is 12.1. The lowest BCUT2D eigenvalue weighted by atomic mass is 10.0. The molecule has 1 atom stereocenters. The zero-order valence-corrected chi connectivity index (χ0v) is 12.9. The van der Waals surface area contributed by atoms with Crippen molar-refractivity contribution in [3.8, 4) is 17.2 Å². The highest BCUT2D eigenvalue weighted by Crippen LogP contribution is 2.36. The van der Waals surface area contributed by atoms with Gasteiger partial charge < -0.3 is 25.5 Å². The number of hydrogen-bond donors (Lipinski definition) is 4. The highest BCUT2D eigenvalue weighted by Gasteiger charge is 2.21. The molecule has 1 aromatic carbocycles. The molecule has 0 fully saturated rings. The number of rotatable bonds is 6. The number of carbonyl (C=O) groups is 1. The Balaban J connectivity index is 2.82. The van der Waals surface area contributed by atoms with Crippen LogP contribution < -0.4 is 5.32 Å². The van der Waals surface area contributed by atoms with E-state index in [1.807, 2.05) is 13.8 Å². The molecule has 6 nitrogen and oxygen atoms in total. The summed E-state index contributed by atoms with van der Waals surface area (Å²) < 4.78 is 0. The van der Waals surface area contributed by atoms with E-state index < -0.39 is 5.75 Å². The van der Waals surface area contributed by atoms with Crippen LogP contribution in [0, 0.1) is 5.92 Å². The van der Waals surface area contributed by atoms with Gasteiger partial charge in [0.1, 0.15) is 0 Å². The smallest absolute Gasteiger partial charge is 0.239 e. The van der Waals surface area contributed by atoms with Crippen LogP contribution in [0.25, 0.3) is 0 Å². The van der Waals surface area contributed by atoms with Crippen LogP contribution in [0.2, 0.25) is 0 Å². The molecule has 0 aromatic heterocycles. The normalized spacial score (nSPS) is 12.4. The molecule has 0 aliphatic rings. The van der Waals surface area contributed by atoms with Crippen LogP contribution in [0.5, 0.6) is 17.2 Å². The predicted molar refractivity (Wildman–Crippen MR) is 80.2 cm³/mol. The number of benzene rings is 1. The molecular formula is C15H24N2O4. The first-order chi connectivity index (χ1) is 9.73. The monoisotopic (exact) mass is 296 g/mol. The molecule has 1 rings (SSSR count). The zero-order chi connectivity index (χ0) is 16.2. The molecule has 4 N–H and O–H groups in total. The van der Waals surface area contributed by atoms with Crippen molar-refractivity contribution in [2.24, 2.45) is 5.92 Å². The van der Waals surface area contributed by atoms with Crippen molar-refractivity contribution in [1.82, 2.24) is 10.2 Å². The van der Waals surface area contributed by atoms with Crippen LogP contribution >= 0.6 is 0 Å². The SMILES string of the molecule is CC(C)CC(NCc1ccc(O)c(O)c1O)C(=O)N(C)C. The number of likely N-dealkylation sites (N-methyl/N-ethyl adjacent to an activating group) is 1. The fraction of sp³-hybridized carbons (Fsp3) is 0.533. The Morgan fingerprint density at radius 1 is 1.19 bits per heavy atom. The molecule has 6 heteroatoms. The van der Waals surface area contributed by atoms with Crippen LogP contribution in [-0.4, -0.2) is 46.3 Å². The lowest BCUT2D eigenvalue weighted by Gasteiger charge is -2.23. The van der Waals surface area contributed by atoms with E-state index in [1.165, 1.54) is 17.0 Å². The summed E-state index contributed by atoms with van der Waals surface area (Å²) in [5.74, 6) is -0.990. The summed E-state index contributed by atoms with van der Waals surface area (Å²) in [4.78, 5) is 13.6. The van der Waals surface area contributed by atoms with Crippen LogP contribution in [0.4, 0.5) is 0 Å². The minimum atomic E-state index is -0.548. The van der Waals surface area contributed by atoms with Crippen LogP contribution in [0.3, 0.4) is 0 Å². The van der Waals surface area contributed by atoms with Crippen molar-refractivity contribution in [3.05, 3.63) is 17.7 Å². The van der Waals surface area contributed by atoms with E-state index in [0.717, 1.165) is 0 Å². The van der Waals surface area contributed by atoms with Crippen LogP contribution in [0.15, 0.2) is 12.1 Å². The molecule has 0 heterocycles. The predicted octanol–water partition coefficient (Wildman–Crippen LogP) is 1.40. The minimum Gasteiger partial charge on any atom is -0.504 e. The van der Waals surface area contributed by atoms with E-state index in [9.17, 15) is 20.1 Å². The summed E-state index contributed by atoms with van der Waals surface area (Å²) in [5.41, 5.74) is 0.422. The van der Waals surface area contributed by atoms with Gasteiger partial charge in [-0.3, -0.25) is 4.79 Å². The second-order valence-electron chi connectivity index (χ2n) is 5.74. The van der Waals surface area contributed by atoms with E-state index in [-0.39, 0.29) is 30.0 Å². The summed E-state index contributed by atoms with van der Waals surface area (Å²) in [6.45, 7) is 4.28. The van der Waals surface area contributed by atoms with Gasteiger partial charge in [-0.2, -0.15) is 0 Å². The third-order valence-electron chi connectivity index (χ3n) is 3.20. The number of aromatic hydroxyl groups is 3. The number of nitrogens with zero attached hydrogens (tertiary/aromatic N) is 1. The molecule has 1 unspecified atom stereocenters. The molecule has 21 heavy (non-hydrogen) atoms. The quantitative estimate of drug-likeness (QED) is 0.595. The van der Waals surface area contributed by atoms with Gasteiger partial charge in [0.25, 0.3) is 0 Å². The third-order valence-corrected chi connectivity index (χ3v) is 3.20. The Labute approximate surface area is 125 Å². The van der Waals surface area contributed by atoms with Gasteiger partial charge >= 0.3 is 0 Å². The molecule has 0 aliphatic carbocycles. The molecule has 0 saturated heterocycles. The van der Waals surface area contributed by atoms with Crippen molar-refractivity contribution in [2.75, 3.05) is 14.1 Å². The largest absolute Gasteiger partial charge is 0.504 e. The summed E-state index contributed by atoms with van der Waals surface area (Å²) in [7, 11) is 3.39. The highest BCUT2D eigenvalue weighted by atomic mass is 16.3. The van der Waals surface area contributed by atoms with Gasteiger partial charge in [0.15, 0.2) is 11.5 Å². The van der Waals surface area contributed by atoms with Crippen LogP contribution in [-0.2, 0) is 11.3 Å². The van der Waals surface area contributed by atoms with Crippen LogP contribution in [0.1, 0.15) is 25.8 Å². The van der Waals surface area contributed by atoms with Crippen molar-refractivity contribution >= 4 is 5.91 Å². The minimum absolute atomic E-state index is 0.0359. The van der Waals surface area contributed by atoms with Gasteiger partial charge in [-0.15, -0.1) is 0 Å². The average molecular weight is 296 g/mol. The Morgan fingerprint density at radius 2 is 1.81 bits per heavy atom. The number of phenols is 3. The van der Waals surface area contributed by atoms with E-state index >= 15 is 0 Å². The van der Waals surface area contributed by atoms with Gasteiger partial charge in [-0.05, 0) is 18.4 Å². The number of amides is 1. The Bertz CT molecular complexity index is 501. The molecule has 0 spiro atoms. The number of phenolic OH excluding ortho intramolecular Hbond substituents is 3. The van der Waals surface area contributed by atoms with Crippen molar-refractivity contribution in [2.45, 2.75) is 32.9 Å². The van der Waals surface area contributed by atoms with Gasteiger partial charge in [-0.25, -0.2) is 0 Å². The molecule has 0 saturated carbocycles. The molecule has 118 valence electrons. The maximum absolute atomic E-state index is 12.1. The Morgan fingerprint density at radius 3 is 2.33 bits per heavy atom. The lowest BCUT2D eigenvalue weighted by Crippen LogP contribution is -2.44. The van der Waals surface area contributed by atoms with Crippen molar-refractivity contribution in [1.29, 1.82) is 0 Å². The summed E-state index contributed by atoms with van der Waals surface area (Å²) in [6.07, 6.45) is 0.668. The first kappa shape index (κ1) is 17.1. The highest BCUT2D eigenvalue weighted by molar-refractivity contribution is 5.81. The molecule has 0 radical (unpaired) electrons. The molecule has 0 aliphatic heterocycles. The number of nitrogens with one attached hydrogen (secondary N) is 1. The average Bonchev–Trinajstić information content (AvgIpc) is 2.41. The van der Waals surface area contributed by atoms with Gasteiger partial charge in [0.05, 0.1) is 6.04 Å². The second-order valence-corrected chi connectivity index (χ2v) is 5.74. The molecule has 1 aromatic rings. The zero-order valence-electron chi connectivity index (χ0n) is 12.9. The second kappa shape index (κ2) is 7.17. The maximum Gasteiger partial charge on any atom is 0.239 e. The Hall–Kier alpha value is -1.95. The van der Waals surface area contributed by atoms with E-state index in [0.29, 0.717) is 17.9 Å². The van der Waals surface area contributed by atoms with Crippen molar-refractivity contribution in [3.63, 3.8) is 0 Å². The summed E-state index contributed by atoms with van der Waals surface area (Å²) in [5, 5.41) is 31.7. The van der Waals surface area contributed by atoms with Gasteiger partial charge in [-0.1, -0.05) is 19.9 Å². The van der Waals surface area contributed by atoms with E-state index in [4.69, 9.17) is 0 Å². The topological polar surface area (TPSA) is 93.0 Å². The summed E-state index contributed by atoms with van der Waals surface area (Å²) in [6, 6.07) is 2.44. The van der Waals surface area contributed by atoms with Crippen molar-refractivity contribution < 1.29 is 20.1 Å². The third kappa shape index (κ3) is 4.53. The summed E-state index contributed by atoms with van der Waals surface area (Å²) >= 11 is 0. The van der Waals surface area contributed by atoms with E-state index in [1.54, 1.807) is 14.1 Å². The van der Waals surface area contributed by atoms with Gasteiger partial charge in [0.2, 0.25) is 11.7 Å². The lowest BCUT2D eigenvalue weighted by molar-refractivity contribution is -0.131. The number of hydrogen-bond acceptors (Lipinski definition) is 5. The fourth-order valence-electron chi connectivity index (χ4n) is 2.04. The fourth-order valence-corrected chi connectivity index (χ4v) is 2.04. The van der Waals surface area contributed by atoms with Gasteiger partial charge in [0, 0.05) is 26.2 Å². The molecular weight excluding hydrogens is 272 g/mol. The standard InChI is InChI=1S/C15H24N2O4/c1-9(2)7-11(15(21)17(3)4)16-8-10-5-6-12(18)14(20)13(10)19/h5-6,9,11,16,18-20H,7-8H2,1-4H3. The first-order valence-electron chi connectivity index (χ1n) is 6.91. The Kier molecular flexibility index (Phi) is 5.84.